The van der Waals surface area contributed by atoms with E-state index in [1.165, 1.54) is 0 Å². The molecule has 0 radical (unpaired) electrons. The van der Waals surface area contributed by atoms with Gasteiger partial charge in [0.2, 0.25) is 23.6 Å². The number of thiol groups is 1. The minimum absolute atomic E-state index is 0.00160. The lowest BCUT2D eigenvalue weighted by atomic mass is 10.0. The fourth-order valence-electron chi connectivity index (χ4n) is 3.82. The third-order valence-electron chi connectivity index (χ3n) is 5.87. The predicted molar refractivity (Wildman–Crippen MR) is 151 cm³/mol. The molecular weight excluding hydrogens is 542 g/mol. The average molecular weight is 578 g/mol. The number of fused-ring (bicyclic) bond motifs is 1. The summed E-state index contributed by atoms with van der Waals surface area (Å²) in [6, 6.07) is 2.28. The molecule has 1 aromatic carbocycles. The van der Waals surface area contributed by atoms with Crippen molar-refractivity contribution in [3.05, 3.63) is 36.0 Å². The summed E-state index contributed by atoms with van der Waals surface area (Å²) >= 11 is 3.94. The van der Waals surface area contributed by atoms with Crippen molar-refractivity contribution < 1.29 is 29.1 Å². The van der Waals surface area contributed by atoms with Crippen molar-refractivity contribution in [1.29, 1.82) is 0 Å². The Morgan fingerprint density at radius 1 is 0.950 bits per heavy atom. The Morgan fingerprint density at radius 2 is 1.57 bits per heavy atom. The molecule has 1 aromatic heterocycles. The van der Waals surface area contributed by atoms with Crippen LogP contribution in [0.5, 0.6) is 0 Å². The summed E-state index contributed by atoms with van der Waals surface area (Å²) in [5.74, 6) is -4.76. The molecule has 4 unspecified atom stereocenters. The molecule has 218 valence electrons. The topological polar surface area (TPSA) is 274 Å². The molecule has 13 N–H and O–H groups in total. The number of aromatic nitrogens is 1. The van der Waals surface area contributed by atoms with Crippen LogP contribution in [0.1, 0.15) is 24.8 Å². The van der Waals surface area contributed by atoms with Crippen molar-refractivity contribution >= 4 is 59.1 Å². The number of guanidine groups is 1. The zero-order chi connectivity index (χ0) is 29.8. The van der Waals surface area contributed by atoms with Gasteiger partial charge in [-0.3, -0.25) is 24.2 Å². The van der Waals surface area contributed by atoms with Crippen molar-refractivity contribution in [3.63, 3.8) is 0 Å². The predicted octanol–water partition coefficient (Wildman–Crippen LogP) is -2.56. The number of benzene rings is 1. The van der Waals surface area contributed by atoms with Crippen molar-refractivity contribution in [3.8, 4) is 0 Å². The number of carbonyl (C=O) groups excluding carboxylic acids is 4. The summed E-state index contributed by atoms with van der Waals surface area (Å²) in [6.07, 6.45) is 1.55. The molecule has 0 spiro atoms. The van der Waals surface area contributed by atoms with Gasteiger partial charge < -0.3 is 49.0 Å². The van der Waals surface area contributed by atoms with Crippen LogP contribution in [0.25, 0.3) is 10.9 Å². The number of H-pyrrole nitrogens is 1. The quantitative estimate of drug-likeness (QED) is 0.0434. The number of carbonyl (C=O) groups is 5. The van der Waals surface area contributed by atoms with Gasteiger partial charge in [0.1, 0.15) is 18.1 Å². The molecule has 2 rings (SSSR count). The number of aromatic amines is 1. The van der Waals surface area contributed by atoms with Crippen LogP contribution in [0.3, 0.4) is 0 Å². The van der Waals surface area contributed by atoms with Crippen LogP contribution in [0, 0.1) is 0 Å². The van der Waals surface area contributed by atoms with Gasteiger partial charge in [0.05, 0.1) is 12.5 Å². The Bertz CT molecular complexity index is 1250. The normalized spacial score (nSPS) is 13.8. The van der Waals surface area contributed by atoms with E-state index in [0.717, 1.165) is 10.9 Å². The average Bonchev–Trinajstić information content (AvgIpc) is 3.30. The van der Waals surface area contributed by atoms with E-state index in [1.807, 2.05) is 24.3 Å². The summed E-state index contributed by atoms with van der Waals surface area (Å²) in [6.45, 7) is 0.147. The molecule has 2 aromatic rings. The molecule has 16 heteroatoms. The van der Waals surface area contributed by atoms with E-state index < -0.39 is 60.2 Å². The number of nitrogens with zero attached hydrogens (tertiary/aromatic N) is 1. The van der Waals surface area contributed by atoms with E-state index in [-0.39, 0.29) is 37.5 Å². The van der Waals surface area contributed by atoms with Gasteiger partial charge in [-0.15, -0.1) is 0 Å². The first kappa shape index (κ1) is 31.9. The van der Waals surface area contributed by atoms with Crippen LogP contribution in [0.2, 0.25) is 0 Å². The highest BCUT2D eigenvalue weighted by molar-refractivity contribution is 7.80. The fraction of sp³-hybridized carbons (Fsp3) is 0.417. The highest BCUT2D eigenvalue weighted by Gasteiger charge is 2.30. The van der Waals surface area contributed by atoms with Crippen LogP contribution < -0.4 is 38.9 Å². The summed E-state index contributed by atoms with van der Waals surface area (Å²) in [4.78, 5) is 68.8. The number of hydrogen-bond donors (Lipinski definition) is 10. The molecule has 0 fully saturated rings. The second kappa shape index (κ2) is 15.3. The lowest BCUT2D eigenvalue weighted by Crippen LogP contribution is -2.58. The standard InChI is InChI=1S/C24H35N9O6S/c25-14(9-19(26)34)20(35)32-17(8-12-10-30-15-5-2-1-4-13(12)15)22(37)31-16(6-3-7-29-24(27)28)21(36)33-18(11-40)23(38)39/h1-2,4-5,10,14,16-18,30,40H,3,6-9,11,25H2,(H2,26,34)(H,31,37)(H,32,35)(H,33,36)(H,38,39)(H4,27,28,29). The van der Waals surface area contributed by atoms with Gasteiger partial charge in [0, 0.05) is 35.8 Å². The van der Waals surface area contributed by atoms with E-state index in [4.69, 9.17) is 22.9 Å². The molecule has 0 aliphatic rings. The molecule has 1 heterocycles. The van der Waals surface area contributed by atoms with Crippen LogP contribution >= 0.6 is 12.6 Å². The van der Waals surface area contributed by atoms with Crippen LogP contribution in [0.4, 0.5) is 0 Å². The van der Waals surface area contributed by atoms with E-state index >= 15 is 0 Å². The van der Waals surface area contributed by atoms with Gasteiger partial charge in [0.15, 0.2) is 5.96 Å². The SMILES string of the molecule is NC(=O)CC(N)C(=O)NC(Cc1c[nH]c2ccccc12)C(=O)NC(CCCN=C(N)N)C(=O)NC(CS)C(=O)O. The monoisotopic (exact) mass is 577 g/mol. The number of rotatable bonds is 16. The first-order valence-corrected chi connectivity index (χ1v) is 12.9. The number of nitrogens with two attached hydrogens (primary N) is 4. The smallest absolute Gasteiger partial charge is 0.327 e. The van der Waals surface area contributed by atoms with Crippen molar-refractivity contribution in [2.24, 2.45) is 27.9 Å². The Morgan fingerprint density at radius 3 is 2.20 bits per heavy atom. The van der Waals surface area contributed by atoms with Gasteiger partial charge in [-0.25, -0.2) is 4.79 Å². The van der Waals surface area contributed by atoms with Crippen molar-refractivity contribution in [1.82, 2.24) is 20.9 Å². The number of aliphatic carboxylic acids is 1. The number of primary amides is 1. The van der Waals surface area contributed by atoms with E-state index in [2.05, 4.69) is 38.6 Å². The third-order valence-corrected chi connectivity index (χ3v) is 6.23. The molecule has 15 nitrogen and oxygen atoms in total. The third kappa shape index (κ3) is 9.77. The van der Waals surface area contributed by atoms with Crippen molar-refractivity contribution in [2.45, 2.75) is 49.9 Å². The summed E-state index contributed by atoms with van der Waals surface area (Å²) in [5.41, 5.74) is 23.1. The molecule has 0 bridgehead atoms. The summed E-state index contributed by atoms with van der Waals surface area (Å²) in [5, 5.41) is 17.6. The van der Waals surface area contributed by atoms with Gasteiger partial charge in [-0.05, 0) is 24.5 Å². The molecule has 4 amide bonds. The Hall–Kier alpha value is -4.31. The molecule has 0 aliphatic carbocycles. The lowest BCUT2D eigenvalue weighted by molar-refractivity contribution is -0.141. The number of carboxylic acid groups (broad SMARTS) is 1. The second-order valence-corrected chi connectivity index (χ2v) is 9.36. The van der Waals surface area contributed by atoms with Gasteiger partial charge in [0.25, 0.3) is 0 Å². The molecule has 0 saturated heterocycles. The zero-order valence-corrected chi connectivity index (χ0v) is 22.5. The minimum Gasteiger partial charge on any atom is -0.480 e. The number of amides is 4. The number of nitrogens with one attached hydrogen (secondary N) is 4. The maximum absolute atomic E-state index is 13.5. The van der Waals surface area contributed by atoms with E-state index in [9.17, 15) is 29.1 Å². The van der Waals surface area contributed by atoms with Crippen LogP contribution in [0.15, 0.2) is 35.5 Å². The number of aliphatic imine (C=N–C) groups is 1. The Labute approximate surface area is 235 Å². The Kier molecular flexibility index (Phi) is 12.2. The first-order valence-electron chi connectivity index (χ1n) is 12.3. The van der Waals surface area contributed by atoms with Gasteiger partial charge in [-0.2, -0.15) is 12.6 Å². The fourth-order valence-corrected chi connectivity index (χ4v) is 4.07. The summed E-state index contributed by atoms with van der Waals surface area (Å²) in [7, 11) is 0. The molecule has 0 saturated carbocycles. The van der Waals surface area contributed by atoms with Crippen LogP contribution in [-0.4, -0.2) is 82.1 Å². The number of hydrogen-bond acceptors (Lipinski definition) is 8. The molecule has 4 atom stereocenters. The summed E-state index contributed by atoms with van der Waals surface area (Å²) < 4.78 is 0. The maximum Gasteiger partial charge on any atom is 0.327 e. The Balaban J connectivity index is 2.31. The highest BCUT2D eigenvalue weighted by Crippen LogP contribution is 2.19. The largest absolute Gasteiger partial charge is 0.480 e. The number of para-hydroxylation sites is 1. The number of carboxylic acids is 1. The lowest BCUT2D eigenvalue weighted by Gasteiger charge is -2.25. The maximum atomic E-state index is 13.5. The zero-order valence-electron chi connectivity index (χ0n) is 21.6. The highest BCUT2D eigenvalue weighted by atomic mass is 32.1. The van der Waals surface area contributed by atoms with Crippen LogP contribution in [-0.2, 0) is 30.4 Å². The molecule has 0 aliphatic heterocycles. The van der Waals surface area contributed by atoms with E-state index in [0.29, 0.717) is 5.56 Å². The molecule has 40 heavy (non-hydrogen) atoms. The second-order valence-electron chi connectivity index (χ2n) is 8.99. The van der Waals surface area contributed by atoms with Crippen molar-refractivity contribution in [2.75, 3.05) is 12.3 Å². The van der Waals surface area contributed by atoms with E-state index in [1.54, 1.807) is 6.20 Å². The first-order chi connectivity index (χ1) is 18.9. The van der Waals surface area contributed by atoms with Gasteiger partial charge >= 0.3 is 5.97 Å². The minimum atomic E-state index is -1.30. The van der Waals surface area contributed by atoms with Gasteiger partial charge in [-0.1, -0.05) is 18.2 Å². The molecular formula is C24H35N9O6S.